The van der Waals surface area contributed by atoms with E-state index >= 15 is 0 Å². The molecule has 0 aliphatic carbocycles. The van der Waals surface area contributed by atoms with Crippen LogP contribution in [0.15, 0.2) is 38.1 Å². The lowest BCUT2D eigenvalue weighted by molar-refractivity contribution is -0.670. The predicted octanol–water partition coefficient (Wildman–Crippen LogP) is 1.17. The van der Waals surface area contributed by atoms with Crippen molar-refractivity contribution in [2.75, 3.05) is 6.54 Å². The van der Waals surface area contributed by atoms with Crippen LogP contribution < -0.4 is 4.57 Å². The second-order valence-electron chi connectivity index (χ2n) is 3.58. The summed E-state index contributed by atoms with van der Waals surface area (Å²) < 4.78 is 3.85. The molecule has 4 heteroatoms. The van der Waals surface area contributed by atoms with Gasteiger partial charge in [0, 0.05) is 13.0 Å². The van der Waals surface area contributed by atoms with Crippen molar-refractivity contribution in [3.63, 3.8) is 0 Å². The number of hydrogen-bond donors (Lipinski definition) is 0. The Hall–Kier alpha value is -1.84. The molecule has 1 aromatic rings. The molecule has 1 fully saturated rings. The molecule has 4 nitrogen and oxygen atoms in total. The maximum Gasteiger partial charge on any atom is 0.248 e. The maximum atomic E-state index is 10.7. The fourth-order valence-electron chi connectivity index (χ4n) is 1.44. The molecule has 2 heterocycles. The highest BCUT2D eigenvalue weighted by atomic mass is 16.2. The number of aryl methyl sites for hydroxylation is 1. The van der Waals surface area contributed by atoms with Crippen molar-refractivity contribution >= 4 is 12.1 Å². The van der Waals surface area contributed by atoms with Gasteiger partial charge in [0.2, 0.25) is 12.2 Å². The van der Waals surface area contributed by atoms with E-state index in [1.807, 2.05) is 34.9 Å². The molecule has 0 unspecified atom stereocenters. The first-order valence-corrected chi connectivity index (χ1v) is 5.24. The van der Waals surface area contributed by atoms with Crippen LogP contribution in [0.1, 0.15) is 12.8 Å². The van der Waals surface area contributed by atoms with Crippen LogP contribution in [0.3, 0.4) is 0 Å². The van der Waals surface area contributed by atoms with Gasteiger partial charge in [0.15, 0.2) is 0 Å². The summed E-state index contributed by atoms with van der Waals surface area (Å²) in [6.07, 6.45) is 10.9. The van der Waals surface area contributed by atoms with E-state index in [4.69, 9.17) is 0 Å². The van der Waals surface area contributed by atoms with E-state index in [0.717, 1.165) is 13.0 Å². The van der Waals surface area contributed by atoms with Gasteiger partial charge >= 0.3 is 0 Å². The molecular weight excluding hydrogens is 202 g/mol. The quantitative estimate of drug-likeness (QED) is 0.688. The monoisotopic (exact) mass is 220 g/mol. The lowest BCUT2D eigenvalue weighted by Crippen LogP contribution is -2.23. The second kappa shape index (κ2) is 5.90. The SMILES string of the molecule is C=CN1CCCC1=O.C=Cn1cc[n+](C)c1. The maximum absolute atomic E-state index is 10.7. The average molecular weight is 220 g/mol. The smallest absolute Gasteiger partial charge is 0.248 e. The van der Waals surface area contributed by atoms with Crippen LogP contribution >= 0.6 is 0 Å². The predicted molar refractivity (Wildman–Crippen MR) is 63.1 cm³/mol. The van der Waals surface area contributed by atoms with E-state index in [9.17, 15) is 4.79 Å². The van der Waals surface area contributed by atoms with E-state index in [1.165, 1.54) is 0 Å². The Morgan fingerprint density at radius 3 is 2.44 bits per heavy atom. The van der Waals surface area contributed by atoms with E-state index in [0.29, 0.717) is 6.42 Å². The van der Waals surface area contributed by atoms with Crippen molar-refractivity contribution in [3.05, 3.63) is 38.1 Å². The number of carbonyl (C=O) groups excluding carboxylic acids is 1. The van der Waals surface area contributed by atoms with Gasteiger partial charge in [-0.3, -0.25) is 4.79 Å². The molecule has 1 aliphatic heterocycles. The third-order valence-electron chi connectivity index (χ3n) is 2.33. The molecule has 0 aromatic carbocycles. The van der Waals surface area contributed by atoms with Gasteiger partial charge in [-0.15, -0.1) is 0 Å². The zero-order valence-electron chi connectivity index (χ0n) is 9.67. The molecule has 1 aromatic heterocycles. The van der Waals surface area contributed by atoms with Crippen molar-refractivity contribution < 1.29 is 9.36 Å². The summed E-state index contributed by atoms with van der Waals surface area (Å²) in [6.45, 7) is 7.96. The molecule has 1 aliphatic rings. The minimum Gasteiger partial charge on any atom is -0.320 e. The molecule has 0 radical (unpaired) electrons. The molecule has 2 rings (SSSR count). The molecule has 1 amide bonds. The second-order valence-corrected chi connectivity index (χ2v) is 3.58. The molecule has 0 atom stereocenters. The van der Waals surface area contributed by atoms with Gasteiger partial charge in [-0.25, -0.2) is 9.13 Å². The average Bonchev–Trinajstić information content (AvgIpc) is 2.87. The van der Waals surface area contributed by atoms with Crippen molar-refractivity contribution in [1.29, 1.82) is 0 Å². The fourth-order valence-corrected chi connectivity index (χ4v) is 1.44. The number of hydrogen-bond acceptors (Lipinski definition) is 1. The van der Waals surface area contributed by atoms with Crippen LogP contribution in [0.2, 0.25) is 0 Å². The first-order valence-electron chi connectivity index (χ1n) is 5.24. The molecule has 86 valence electrons. The Balaban J connectivity index is 0.000000160. The Bertz CT molecular complexity index is 381. The highest BCUT2D eigenvalue weighted by molar-refractivity contribution is 5.78. The van der Waals surface area contributed by atoms with Crippen LogP contribution in [0.5, 0.6) is 0 Å². The van der Waals surface area contributed by atoms with E-state index < -0.39 is 0 Å². The summed E-state index contributed by atoms with van der Waals surface area (Å²) in [7, 11) is 1.97. The zero-order valence-corrected chi connectivity index (χ0v) is 9.67. The van der Waals surface area contributed by atoms with Crippen molar-refractivity contribution in [2.24, 2.45) is 7.05 Å². The topological polar surface area (TPSA) is 29.1 Å². The minimum atomic E-state index is 0.208. The molecule has 0 bridgehead atoms. The van der Waals surface area contributed by atoms with Gasteiger partial charge in [-0.2, -0.15) is 0 Å². The van der Waals surface area contributed by atoms with Gasteiger partial charge < -0.3 is 4.90 Å². The number of nitrogens with zero attached hydrogens (tertiary/aromatic N) is 3. The van der Waals surface area contributed by atoms with Crippen molar-refractivity contribution in [1.82, 2.24) is 9.47 Å². The number of aromatic nitrogens is 2. The largest absolute Gasteiger partial charge is 0.320 e. The van der Waals surface area contributed by atoms with E-state index in [2.05, 4.69) is 13.2 Å². The van der Waals surface area contributed by atoms with Gasteiger partial charge in [0.25, 0.3) is 0 Å². The molecule has 0 saturated carbocycles. The summed E-state index contributed by atoms with van der Waals surface area (Å²) >= 11 is 0. The molecule has 0 spiro atoms. The molecular formula is C12H18N3O+. The normalized spacial score (nSPS) is 14.3. The first-order chi connectivity index (χ1) is 7.67. The van der Waals surface area contributed by atoms with Gasteiger partial charge in [0.1, 0.15) is 12.4 Å². The van der Waals surface area contributed by atoms with Gasteiger partial charge in [-0.1, -0.05) is 13.2 Å². The summed E-state index contributed by atoms with van der Waals surface area (Å²) in [6, 6.07) is 0. The summed E-state index contributed by atoms with van der Waals surface area (Å²) in [5, 5.41) is 0. The van der Waals surface area contributed by atoms with Crippen molar-refractivity contribution in [3.8, 4) is 0 Å². The van der Waals surface area contributed by atoms with Crippen LogP contribution in [0, 0.1) is 0 Å². The standard InChI is InChI=1S/C6H9N2.C6H9NO/c1-3-8-5-4-7(2)6-8;1-2-7-5-3-4-6(7)8/h3-6H,1H2,2H3;2H,1,3-5H2/q+1;. The lowest BCUT2D eigenvalue weighted by Gasteiger charge is -2.05. The Kier molecular flexibility index (Phi) is 4.51. The molecule has 0 N–H and O–H groups in total. The number of carbonyl (C=O) groups is 1. The summed E-state index contributed by atoms with van der Waals surface area (Å²) in [4.78, 5) is 12.3. The zero-order chi connectivity index (χ0) is 12.0. The Morgan fingerprint density at radius 2 is 2.19 bits per heavy atom. The number of rotatable bonds is 2. The van der Waals surface area contributed by atoms with Crippen LogP contribution in [0.4, 0.5) is 0 Å². The third kappa shape index (κ3) is 3.38. The Morgan fingerprint density at radius 1 is 1.44 bits per heavy atom. The fraction of sp³-hybridized carbons (Fsp3) is 0.333. The molecule has 1 saturated heterocycles. The number of likely N-dealkylation sites (tertiary alicyclic amines) is 1. The number of imidazole rings is 1. The van der Waals surface area contributed by atoms with E-state index in [-0.39, 0.29) is 5.91 Å². The Labute approximate surface area is 96.1 Å². The van der Waals surface area contributed by atoms with Gasteiger partial charge in [-0.05, 0) is 12.6 Å². The first kappa shape index (κ1) is 12.2. The highest BCUT2D eigenvalue weighted by Crippen LogP contribution is 2.08. The van der Waals surface area contributed by atoms with Crippen LogP contribution in [0.25, 0.3) is 6.20 Å². The van der Waals surface area contributed by atoms with Crippen LogP contribution in [-0.2, 0) is 11.8 Å². The van der Waals surface area contributed by atoms with E-state index in [1.54, 1.807) is 17.3 Å². The van der Waals surface area contributed by atoms with Gasteiger partial charge in [0.05, 0.1) is 13.2 Å². The minimum absolute atomic E-state index is 0.208. The molecule has 16 heavy (non-hydrogen) atoms. The highest BCUT2D eigenvalue weighted by Gasteiger charge is 2.15. The van der Waals surface area contributed by atoms with Crippen molar-refractivity contribution in [2.45, 2.75) is 12.8 Å². The lowest BCUT2D eigenvalue weighted by atomic mass is 10.4. The summed E-state index contributed by atoms with van der Waals surface area (Å²) in [5.74, 6) is 0.208. The van der Waals surface area contributed by atoms with Crippen LogP contribution in [-0.4, -0.2) is 21.9 Å². The summed E-state index contributed by atoms with van der Waals surface area (Å²) in [5.41, 5.74) is 0. The number of amides is 1. The third-order valence-corrected chi connectivity index (χ3v) is 2.33.